The maximum atomic E-state index is 11.8. The van der Waals surface area contributed by atoms with E-state index in [0.29, 0.717) is 6.54 Å². The first-order valence-corrected chi connectivity index (χ1v) is 7.09. The van der Waals surface area contributed by atoms with E-state index in [-0.39, 0.29) is 11.8 Å². The summed E-state index contributed by atoms with van der Waals surface area (Å²) in [5, 5.41) is 3.22. The highest BCUT2D eigenvalue weighted by Crippen LogP contribution is 2.35. The molecule has 16 heavy (non-hydrogen) atoms. The number of hydrogen-bond acceptors (Lipinski definition) is 4. The van der Waals surface area contributed by atoms with Crippen LogP contribution in [0.4, 0.5) is 0 Å². The van der Waals surface area contributed by atoms with Gasteiger partial charge in [-0.25, -0.2) is 12.7 Å². The Morgan fingerprint density at radius 3 is 2.69 bits per heavy atom. The summed E-state index contributed by atoms with van der Waals surface area (Å²) >= 11 is 0. The fraction of sp³-hybridized carbons (Fsp3) is 0.900. The van der Waals surface area contributed by atoms with Gasteiger partial charge in [0.2, 0.25) is 0 Å². The van der Waals surface area contributed by atoms with Gasteiger partial charge in [0, 0.05) is 6.54 Å². The van der Waals surface area contributed by atoms with Gasteiger partial charge in [0.15, 0.2) is 4.75 Å². The summed E-state index contributed by atoms with van der Waals surface area (Å²) in [7, 11) is -3.39. The predicted molar refractivity (Wildman–Crippen MR) is 60.3 cm³/mol. The molecule has 0 radical (unpaired) electrons. The molecule has 92 valence electrons. The van der Waals surface area contributed by atoms with Crippen LogP contribution in [0, 0.1) is 5.92 Å². The van der Waals surface area contributed by atoms with Gasteiger partial charge in [-0.05, 0) is 45.7 Å². The smallest absolute Gasteiger partial charge is 0.258 e. The number of hydrogen-bond donors (Lipinski definition) is 1. The van der Waals surface area contributed by atoms with Crippen molar-refractivity contribution >= 4 is 15.9 Å². The average molecular weight is 246 g/mol. The van der Waals surface area contributed by atoms with Crippen molar-refractivity contribution in [3.63, 3.8) is 0 Å². The minimum atomic E-state index is -3.39. The molecule has 0 bridgehead atoms. The Morgan fingerprint density at radius 2 is 2.19 bits per heavy atom. The average Bonchev–Trinajstić information content (AvgIpc) is 2.26. The Balaban J connectivity index is 2.04. The highest BCUT2D eigenvalue weighted by Gasteiger charge is 2.60. The molecule has 2 rings (SSSR count). The van der Waals surface area contributed by atoms with E-state index in [2.05, 4.69) is 5.32 Å². The number of amides is 1. The maximum Gasteiger partial charge on any atom is 0.258 e. The molecule has 0 aromatic carbocycles. The van der Waals surface area contributed by atoms with Crippen LogP contribution in [-0.4, -0.2) is 43.0 Å². The third kappa shape index (κ3) is 1.55. The van der Waals surface area contributed by atoms with E-state index in [1.807, 2.05) is 0 Å². The van der Waals surface area contributed by atoms with Crippen molar-refractivity contribution in [1.29, 1.82) is 0 Å². The monoisotopic (exact) mass is 246 g/mol. The van der Waals surface area contributed by atoms with Crippen LogP contribution >= 0.6 is 0 Å². The second-order valence-corrected chi connectivity index (χ2v) is 7.48. The van der Waals surface area contributed by atoms with E-state index >= 15 is 0 Å². The predicted octanol–water partition coefficient (Wildman–Crippen LogP) is -0.0634. The van der Waals surface area contributed by atoms with Gasteiger partial charge < -0.3 is 5.32 Å². The molecule has 1 atom stereocenters. The highest BCUT2D eigenvalue weighted by molar-refractivity contribution is 7.94. The van der Waals surface area contributed by atoms with Gasteiger partial charge in [-0.1, -0.05) is 0 Å². The number of nitrogens with one attached hydrogen (secondary N) is 1. The van der Waals surface area contributed by atoms with Crippen molar-refractivity contribution in [3.8, 4) is 0 Å². The molecule has 1 amide bonds. The normalized spacial score (nSPS) is 32.2. The molecule has 0 aliphatic carbocycles. The van der Waals surface area contributed by atoms with E-state index in [1.54, 1.807) is 0 Å². The molecule has 0 saturated carbocycles. The molecule has 1 N–H and O–H groups in total. The third-order valence-electron chi connectivity index (χ3n) is 3.50. The lowest BCUT2D eigenvalue weighted by molar-refractivity contribution is -0.132. The number of piperidine rings is 1. The van der Waals surface area contributed by atoms with Crippen molar-refractivity contribution in [2.45, 2.75) is 31.4 Å². The molecular weight excluding hydrogens is 228 g/mol. The molecule has 2 aliphatic heterocycles. The zero-order chi connectivity index (χ0) is 12.0. The Morgan fingerprint density at radius 1 is 1.50 bits per heavy atom. The second kappa shape index (κ2) is 3.70. The number of carbonyl (C=O) groups is 1. The van der Waals surface area contributed by atoms with Crippen LogP contribution in [0.3, 0.4) is 0 Å². The van der Waals surface area contributed by atoms with Crippen LogP contribution in [0.15, 0.2) is 0 Å². The molecule has 5 nitrogen and oxygen atoms in total. The lowest BCUT2D eigenvalue weighted by atomic mass is 9.99. The largest absolute Gasteiger partial charge is 0.316 e. The molecule has 0 spiro atoms. The Bertz CT molecular complexity index is 396. The SMILES string of the molecule is CC1(C)C(=O)N(CC2CCCNC2)S1(=O)=O. The summed E-state index contributed by atoms with van der Waals surface area (Å²) in [4.78, 5) is 11.7. The van der Waals surface area contributed by atoms with Crippen LogP contribution < -0.4 is 5.32 Å². The summed E-state index contributed by atoms with van der Waals surface area (Å²) in [6, 6.07) is 0. The number of rotatable bonds is 2. The quantitative estimate of drug-likeness (QED) is 0.741. The summed E-state index contributed by atoms with van der Waals surface area (Å²) in [5.74, 6) is 0.00153. The van der Waals surface area contributed by atoms with E-state index in [4.69, 9.17) is 0 Å². The highest BCUT2D eigenvalue weighted by atomic mass is 32.2. The molecule has 2 aliphatic rings. The van der Waals surface area contributed by atoms with Crippen molar-refractivity contribution in [2.75, 3.05) is 19.6 Å². The Labute approximate surface area is 96.2 Å². The van der Waals surface area contributed by atoms with Crippen molar-refractivity contribution < 1.29 is 13.2 Å². The third-order valence-corrected chi connectivity index (χ3v) is 5.86. The Kier molecular flexibility index (Phi) is 2.74. The van der Waals surface area contributed by atoms with Gasteiger partial charge >= 0.3 is 0 Å². The molecule has 2 saturated heterocycles. The van der Waals surface area contributed by atoms with E-state index in [0.717, 1.165) is 30.2 Å². The standard InChI is InChI=1S/C10H18N2O3S/c1-10(2)9(13)12(16(10,14)15)7-8-4-3-5-11-6-8/h8,11H,3-7H2,1-2H3. The summed E-state index contributed by atoms with van der Waals surface area (Å²) in [6.07, 6.45) is 2.04. The molecule has 6 heteroatoms. The van der Waals surface area contributed by atoms with Gasteiger partial charge in [0.05, 0.1) is 0 Å². The summed E-state index contributed by atoms with van der Waals surface area (Å²) < 4.78 is 23.5. The van der Waals surface area contributed by atoms with Gasteiger partial charge in [0.1, 0.15) is 0 Å². The first-order valence-electron chi connectivity index (χ1n) is 5.65. The van der Waals surface area contributed by atoms with Crippen LogP contribution in [0.2, 0.25) is 0 Å². The summed E-state index contributed by atoms with van der Waals surface area (Å²) in [5.41, 5.74) is 0. The van der Waals surface area contributed by atoms with E-state index in [1.165, 1.54) is 13.8 Å². The molecule has 0 aromatic rings. The van der Waals surface area contributed by atoms with Crippen molar-refractivity contribution in [1.82, 2.24) is 9.62 Å². The fourth-order valence-corrected chi connectivity index (χ4v) is 3.85. The van der Waals surface area contributed by atoms with Crippen LogP contribution in [0.1, 0.15) is 26.7 Å². The molecule has 2 heterocycles. The number of nitrogens with zero attached hydrogens (tertiary/aromatic N) is 1. The maximum absolute atomic E-state index is 11.8. The lowest BCUT2D eigenvalue weighted by Gasteiger charge is -2.44. The minimum absolute atomic E-state index is 0.266. The Hall–Kier alpha value is -0.620. The second-order valence-electron chi connectivity index (χ2n) is 5.06. The fourth-order valence-electron chi connectivity index (χ4n) is 2.25. The molecule has 0 aromatic heterocycles. The van der Waals surface area contributed by atoms with Crippen LogP contribution in [-0.2, 0) is 14.8 Å². The van der Waals surface area contributed by atoms with Crippen LogP contribution in [0.5, 0.6) is 0 Å². The zero-order valence-corrected chi connectivity index (χ0v) is 10.5. The van der Waals surface area contributed by atoms with Gasteiger partial charge in [-0.15, -0.1) is 0 Å². The lowest BCUT2D eigenvalue weighted by Crippen LogP contribution is -2.68. The molecule has 2 fully saturated rings. The first kappa shape index (κ1) is 11.9. The van der Waals surface area contributed by atoms with Gasteiger partial charge in [-0.3, -0.25) is 4.79 Å². The zero-order valence-electron chi connectivity index (χ0n) is 9.69. The van der Waals surface area contributed by atoms with Crippen molar-refractivity contribution in [2.24, 2.45) is 5.92 Å². The molecular formula is C10H18N2O3S. The topological polar surface area (TPSA) is 66.5 Å². The number of sulfonamides is 1. The number of carbonyl (C=O) groups excluding carboxylic acids is 1. The minimum Gasteiger partial charge on any atom is -0.316 e. The van der Waals surface area contributed by atoms with Crippen molar-refractivity contribution in [3.05, 3.63) is 0 Å². The van der Waals surface area contributed by atoms with Gasteiger partial charge in [-0.2, -0.15) is 0 Å². The van der Waals surface area contributed by atoms with E-state index < -0.39 is 14.8 Å². The van der Waals surface area contributed by atoms with Crippen LogP contribution in [0.25, 0.3) is 0 Å². The van der Waals surface area contributed by atoms with Gasteiger partial charge in [0.25, 0.3) is 15.9 Å². The summed E-state index contributed by atoms with van der Waals surface area (Å²) in [6.45, 7) is 5.08. The van der Waals surface area contributed by atoms with E-state index in [9.17, 15) is 13.2 Å². The molecule has 1 unspecified atom stereocenters. The first-order chi connectivity index (χ1) is 7.37.